The van der Waals surface area contributed by atoms with Crippen LogP contribution in [0.15, 0.2) is 0 Å². The SMILES string of the molecule is C[N+](C)(C)c1c(F)c(F)[c]c(F)c1F. The van der Waals surface area contributed by atoms with Crippen LogP contribution in [0.1, 0.15) is 0 Å². The third-order valence-electron chi connectivity index (χ3n) is 1.69. The van der Waals surface area contributed by atoms with E-state index >= 15 is 0 Å². The molecule has 0 unspecified atom stereocenters. The van der Waals surface area contributed by atoms with Crippen LogP contribution in [0.4, 0.5) is 23.2 Å². The lowest BCUT2D eigenvalue weighted by molar-refractivity contribution is 0.387. The van der Waals surface area contributed by atoms with Gasteiger partial charge in [-0.2, -0.15) is 8.78 Å². The lowest BCUT2D eigenvalue weighted by Gasteiger charge is -2.24. The Labute approximate surface area is 79.2 Å². The van der Waals surface area contributed by atoms with Gasteiger partial charge in [-0.05, 0) is 0 Å². The van der Waals surface area contributed by atoms with Crippen LogP contribution in [0.3, 0.4) is 0 Å². The Bertz CT molecular complexity index is 342. The minimum Gasteiger partial charge on any atom is -0.293 e. The van der Waals surface area contributed by atoms with Crippen molar-refractivity contribution in [3.05, 3.63) is 29.3 Å². The molecule has 1 radical (unpaired) electrons. The van der Waals surface area contributed by atoms with E-state index in [0.717, 1.165) is 0 Å². The molecule has 0 aromatic heterocycles. The van der Waals surface area contributed by atoms with Gasteiger partial charge in [-0.15, -0.1) is 0 Å². The molecule has 0 spiro atoms. The van der Waals surface area contributed by atoms with E-state index in [1.807, 2.05) is 0 Å². The smallest absolute Gasteiger partial charge is 0.223 e. The molecule has 1 rings (SSSR count). The highest BCUT2D eigenvalue weighted by molar-refractivity contribution is 5.45. The van der Waals surface area contributed by atoms with Crippen molar-refractivity contribution in [2.24, 2.45) is 0 Å². The first-order chi connectivity index (χ1) is 6.25. The highest BCUT2D eigenvalue weighted by atomic mass is 19.2. The van der Waals surface area contributed by atoms with Crippen LogP contribution >= 0.6 is 0 Å². The predicted molar refractivity (Wildman–Crippen MR) is 44.7 cm³/mol. The molecule has 1 nitrogen and oxygen atoms in total. The summed E-state index contributed by atoms with van der Waals surface area (Å²) < 4.78 is 51.3. The Morgan fingerprint density at radius 1 is 0.857 bits per heavy atom. The van der Waals surface area contributed by atoms with Gasteiger partial charge in [0.2, 0.25) is 17.3 Å². The summed E-state index contributed by atoms with van der Waals surface area (Å²) in [6, 6.07) is 1.33. The van der Waals surface area contributed by atoms with Gasteiger partial charge in [0.25, 0.3) is 0 Å². The molecule has 77 valence electrons. The van der Waals surface area contributed by atoms with Crippen LogP contribution in [0.5, 0.6) is 0 Å². The molecule has 1 aromatic carbocycles. The van der Waals surface area contributed by atoms with E-state index in [1.54, 1.807) is 0 Å². The average Bonchev–Trinajstić information content (AvgIpc) is 1.98. The maximum atomic E-state index is 13.1. The fourth-order valence-electron chi connectivity index (χ4n) is 1.10. The summed E-state index contributed by atoms with van der Waals surface area (Å²) in [5.41, 5.74) is -0.654. The molecule has 14 heavy (non-hydrogen) atoms. The monoisotopic (exact) mass is 207 g/mol. The molecule has 0 amide bonds. The molecule has 0 atom stereocenters. The fraction of sp³-hybridized carbons (Fsp3) is 0.333. The zero-order chi connectivity index (χ0) is 11.1. The quantitative estimate of drug-likeness (QED) is 0.376. The van der Waals surface area contributed by atoms with Crippen LogP contribution in [0, 0.1) is 29.3 Å². The van der Waals surface area contributed by atoms with Crippen molar-refractivity contribution in [2.45, 2.75) is 0 Å². The highest BCUT2D eigenvalue weighted by Gasteiger charge is 2.29. The number of nitrogens with zero attached hydrogens (tertiary/aromatic N) is 1. The van der Waals surface area contributed by atoms with Gasteiger partial charge in [0.1, 0.15) is 0 Å². The number of hydrogen-bond donors (Lipinski definition) is 0. The third kappa shape index (κ3) is 1.72. The molecule has 0 aliphatic rings. The Hall–Kier alpha value is -1.10. The molecule has 0 N–H and O–H groups in total. The fourth-order valence-corrected chi connectivity index (χ4v) is 1.10. The van der Waals surface area contributed by atoms with E-state index in [2.05, 4.69) is 0 Å². The number of quaternary nitrogens is 1. The lowest BCUT2D eigenvalue weighted by atomic mass is 10.2. The maximum absolute atomic E-state index is 13.1. The number of halogens is 4. The molecule has 5 heteroatoms. The first kappa shape index (κ1) is 11.0. The Kier molecular flexibility index (Phi) is 2.54. The van der Waals surface area contributed by atoms with E-state index in [0.29, 0.717) is 0 Å². The summed E-state index contributed by atoms with van der Waals surface area (Å²) in [6.07, 6.45) is 0. The van der Waals surface area contributed by atoms with Gasteiger partial charge >= 0.3 is 0 Å². The van der Waals surface area contributed by atoms with Crippen molar-refractivity contribution in [1.29, 1.82) is 0 Å². The van der Waals surface area contributed by atoms with Gasteiger partial charge in [0.15, 0.2) is 11.6 Å². The van der Waals surface area contributed by atoms with Crippen LogP contribution in [-0.4, -0.2) is 21.1 Å². The van der Waals surface area contributed by atoms with Gasteiger partial charge < -0.3 is 0 Å². The van der Waals surface area contributed by atoms with Gasteiger partial charge in [-0.1, -0.05) is 0 Å². The van der Waals surface area contributed by atoms with Crippen molar-refractivity contribution in [2.75, 3.05) is 21.1 Å². The Balaban J connectivity index is 3.56. The summed E-state index contributed by atoms with van der Waals surface area (Å²) in [4.78, 5) is 0. The number of rotatable bonds is 1. The molecular weight excluding hydrogens is 198 g/mol. The highest BCUT2D eigenvalue weighted by Crippen LogP contribution is 2.28. The van der Waals surface area contributed by atoms with E-state index in [-0.39, 0.29) is 4.48 Å². The molecule has 0 heterocycles. The second kappa shape index (κ2) is 3.24. The first-order valence-corrected chi connectivity index (χ1v) is 3.82. The van der Waals surface area contributed by atoms with Gasteiger partial charge in [0, 0.05) is 0 Å². The van der Waals surface area contributed by atoms with Crippen LogP contribution in [0.2, 0.25) is 0 Å². The second-order valence-corrected chi connectivity index (χ2v) is 3.74. The molecule has 0 saturated carbocycles. The minimum absolute atomic E-state index is 0.347. The van der Waals surface area contributed by atoms with Crippen LogP contribution in [0.25, 0.3) is 0 Å². The summed E-state index contributed by atoms with van der Waals surface area (Å²) in [6.45, 7) is 0. The van der Waals surface area contributed by atoms with E-state index in [4.69, 9.17) is 0 Å². The zero-order valence-corrected chi connectivity index (χ0v) is 7.96. The Morgan fingerprint density at radius 3 is 1.50 bits per heavy atom. The van der Waals surface area contributed by atoms with Crippen LogP contribution < -0.4 is 4.48 Å². The summed E-state index contributed by atoms with van der Waals surface area (Å²) in [5, 5.41) is 0. The van der Waals surface area contributed by atoms with Crippen molar-refractivity contribution in [3.63, 3.8) is 0 Å². The molecule has 1 aromatic rings. The van der Waals surface area contributed by atoms with Crippen molar-refractivity contribution < 1.29 is 17.6 Å². The van der Waals surface area contributed by atoms with E-state index in [1.165, 1.54) is 27.2 Å². The predicted octanol–water partition coefficient (Wildman–Crippen LogP) is 2.24. The molecular formula is C9H9F4N+. The molecule has 0 fully saturated rings. The first-order valence-electron chi connectivity index (χ1n) is 3.82. The molecule has 0 aliphatic heterocycles. The van der Waals surface area contributed by atoms with Gasteiger partial charge in [-0.3, -0.25) is 4.48 Å². The summed E-state index contributed by atoms with van der Waals surface area (Å²) >= 11 is 0. The second-order valence-electron chi connectivity index (χ2n) is 3.74. The number of benzene rings is 1. The Morgan fingerprint density at radius 2 is 1.21 bits per heavy atom. The molecule has 0 aliphatic carbocycles. The van der Waals surface area contributed by atoms with Gasteiger partial charge in [-0.25, -0.2) is 8.78 Å². The maximum Gasteiger partial charge on any atom is 0.223 e. The van der Waals surface area contributed by atoms with E-state index < -0.39 is 29.0 Å². The van der Waals surface area contributed by atoms with Gasteiger partial charge in [0.05, 0.1) is 27.2 Å². The lowest BCUT2D eigenvalue weighted by Crippen LogP contribution is -2.37. The summed E-state index contributed by atoms with van der Waals surface area (Å²) in [5.74, 6) is -5.83. The standard InChI is InChI=1S/C9H9F4N/c1-14(2,3)9-7(12)5(10)4-6(11)8(9)13/h1-3H3/q+1. The third-order valence-corrected chi connectivity index (χ3v) is 1.69. The zero-order valence-electron chi connectivity index (χ0n) is 7.96. The van der Waals surface area contributed by atoms with Crippen molar-refractivity contribution in [1.82, 2.24) is 4.48 Å². The number of hydrogen-bond acceptors (Lipinski definition) is 0. The molecule has 0 bridgehead atoms. The van der Waals surface area contributed by atoms with Crippen molar-refractivity contribution >= 4 is 5.69 Å². The summed E-state index contributed by atoms with van der Waals surface area (Å²) in [7, 11) is 4.21. The largest absolute Gasteiger partial charge is 0.293 e. The molecule has 0 saturated heterocycles. The average molecular weight is 207 g/mol. The van der Waals surface area contributed by atoms with Crippen molar-refractivity contribution in [3.8, 4) is 0 Å². The van der Waals surface area contributed by atoms with Crippen LogP contribution in [-0.2, 0) is 0 Å². The normalized spacial score (nSPS) is 11.9. The minimum atomic E-state index is -1.51. The topological polar surface area (TPSA) is 0 Å². The van der Waals surface area contributed by atoms with E-state index in [9.17, 15) is 17.6 Å².